The van der Waals surface area contributed by atoms with Gasteiger partial charge in [-0.25, -0.2) is 0 Å². The quantitative estimate of drug-likeness (QED) is 0.795. The number of benzene rings is 1. The van der Waals surface area contributed by atoms with E-state index in [1.54, 1.807) is 12.1 Å². The van der Waals surface area contributed by atoms with Crippen molar-refractivity contribution in [1.82, 2.24) is 4.90 Å². The number of carbonyl (C=O) groups is 1. The Morgan fingerprint density at radius 3 is 2.65 bits per heavy atom. The summed E-state index contributed by atoms with van der Waals surface area (Å²) in [5, 5.41) is 0.204. The van der Waals surface area contributed by atoms with E-state index in [1.807, 2.05) is 6.92 Å². The predicted octanol–water partition coefficient (Wildman–Crippen LogP) is 1.80. The number of amidine groups is 1. The van der Waals surface area contributed by atoms with E-state index < -0.39 is 10.0 Å². The van der Waals surface area contributed by atoms with Crippen LogP contribution in [0.15, 0.2) is 46.2 Å². The van der Waals surface area contributed by atoms with E-state index in [4.69, 9.17) is 0 Å². The third-order valence-corrected chi connectivity index (χ3v) is 5.04. The fraction of sp³-hybridized carbons (Fsp3) is 0.231. The Bertz CT molecular complexity index is 663. The number of aryl methyl sites for hydroxylation is 1. The van der Waals surface area contributed by atoms with E-state index in [9.17, 15) is 13.2 Å². The van der Waals surface area contributed by atoms with Gasteiger partial charge >= 0.3 is 0 Å². The first-order valence-corrected chi connectivity index (χ1v) is 8.32. The summed E-state index contributed by atoms with van der Waals surface area (Å²) in [6.45, 7) is 5.68. The van der Waals surface area contributed by atoms with E-state index in [-0.39, 0.29) is 28.3 Å². The maximum absolute atomic E-state index is 12.2. The molecule has 2 rings (SSSR count). The van der Waals surface area contributed by atoms with Gasteiger partial charge in [-0.15, -0.1) is 11.0 Å². The zero-order valence-corrected chi connectivity index (χ0v) is 12.6. The second kappa shape index (κ2) is 5.80. The standard InChI is InChI=1S/C13H14N2O3S2/c1-3-8-15-12(16)9-19-13(15)14-20(17,18)11-6-4-10(2)5-7-11/h3-7H,1,8-9H2,2H3. The Morgan fingerprint density at radius 1 is 1.40 bits per heavy atom. The van der Waals surface area contributed by atoms with Gasteiger partial charge in [0.15, 0.2) is 5.17 Å². The van der Waals surface area contributed by atoms with Crippen LogP contribution in [-0.4, -0.2) is 36.7 Å². The van der Waals surface area contributed by atoms with Gasteiger partial charge in [0.1, 0.15) is 0 Å². The average Bonchev–Trinajstić information content (AvgIpc) is 2.72. The summed E-state index contributed by atoms with van der Waals surface area (Å²) in [5.74, 6) is 0.0450. The lowest BCUT2D eigenvalue weighted by atomic mass is 10.2. The van der Waals surface area contributed by atoms with Crippen LogP contribution < -0.4 is 0 Å². The number of hydrogen-bond acceptors (Lipinski definition) is 4. The first-order chi connectivity index (χ1) is 9.44. The number of carbonyl (C=O) groups excluding carboxylic acids is 1. The third kappa shape index (κ3) is 3.10. The molecule has 0 N–H and O–H groups in total. The minimum absolute atomic E-state index is 0.120. The first kappa shape index (κ1) is 14.8. The number of amides is 1. The SMILES string of the molecule is C=CCN1C(=O)CSC1=NS(=O)(=O)c1ccc(C)cc1. The monoisotopic (exact) mass is 310 g/mol. The Kier molecular flexibility index (Phi) is 4.29. The van der Waals surface area contributed by atoms with Gasteiger partial charge in [0.25, 0.3) is 10.0 Å². The minimum atomic E-state index is -3.80. The molecule has 0 bridgehead atoms. The van der Waals surface area contributed by atoms with Gasteiger partial charge in [-0.05, 0) is 19.1 Å². The molecule has 1 heterocycles. The Balaban J connectivity index is 2.35. The molecule has 0 aromatic heterocycles. The van der Waals surface area contributed by atoms with Crippen molar-refractivity contribution in [2.75, 3.05) is 12.3 Å². The van der Waals surface area contributed by atoms with Gasteiger partial charge in [0.05, 0.1) is 10.6 Å². The van der Waals surface area contributed by atoms with Crippen LogP contribution in [0.25, 0.3) is 0 Å². The van der Waals surface area contributed by atoms with Crippen molar-refractivity contribution in [2.45, 2.75) is 11.8 Å². The summed E-state index contributed by atoms with van der Waals surface area (Å²) in [4.78, 5) is 13.1. The van der Waals surface area contributed by atoms with Crippen LogP contribution in [-0.2, 0) is 14.8 Å². The van der Waals surface area contributed by atoms with Gasteiger partial charge in [0, 0.05) is 6.54 Å². The second-order valence-electron chi connectivity index (χ2n) is 4.24. The van der Waals surface area contributed by atoms with Gasteiger partial charge < -0.3 is 0 Å². The van der Waals surface area contributed by atoms with Crippen molar-refractivity contribution < 1.29 is 13.2 Å². The van der Waals surface area contributed by atoms with Crippen LogP contribution in [0, 0.1) is 6.92 Å². The third-order valence-electron chi connectivity index (χ3n) is 2.69. The van der Waals surface area contributed by atoms with Crippen molar-refractivity contribution in [3.63, 3.8) is 0 Å². The molecule has 0 aliphatic carbocycles. The molecular weight excluding hydrogens is 296 g/mol. The van der Waals surface area contributed by atoms with Crippen molar-refractivity contribution in [1.29, 1.82) is 0 Å². The van der Waals surface area contributed by atoms with Crippen LogP contribution >= 0.6 is 11.8 Å². The summed E-state index contributed by atoms with van der Waals surface area (Å²) < 4.78 is 28.2. The Hall–Kier alpha value is -1.60. The maximum Gasteiger partial charge on any atom is 0.284 e. The van der Waals surface area contributed by atoms with Gasteiger partial charge in [-0.2, -0.15) is 8.42 Å². The molecule has 0 radical (unpaired) electrons. The van der Waals surface area contributed by atoms with E-state index in [2.05, 4.69) is 11.0 Å². The number of hydrogen-bond donors (Lipinski definition) is 0. The highest BCUT2D eigenvalue weighted by Crippen LogP contribution is 2.22. The molecule has 1 aliphatic heterocycles. The predicted molar refractivity (Wildman–Crippen MR) is 80.2 cm³/mol. The van der Waals surface area contributed by atoms with Crippen molar-refractivity contribution in [3.8, 4) is 0 Å². The van der Waals surface area contributed by atoms with Crippen LogP contribution in [0.3, 0.4) is 0 Å². The molecule has 0 spiro atoms. The normalized spacial score (nSPS) is 17.8. The highest BCUT2D eigenvalue weighted by atomic mass is 32.2. The lowest BCUT2D eigenvalue weighted by Crippen LogP contribution is -2.30. The molecule has 7 heteroatoms. The van der Waals surface area contributed by atoms with E-state index in [1.165, 1.54) is 23.1 Å². The summed E-state index contributed by atoms with van der Waals surface area (Å²) >= 11 is 1.12. The lowest BCUT2D eigenvalue weighted by molar-refractivity contribution is -0.123. The molecule has 106 valence electrons. The second-order valence-corrected chi connectivity index (χ2v) is 6.79. The van der Waals surface area contributed by atoms with E-state index in [0.29, 0.717) is 0 Å². The molecule has 1 saturated heterocycles. The fourth-order valence-corrected chi connectivity index (χ4v) is 3.77. The fourth-order valence-electron chi connectivity index (χ4n) is 1.64. The van der Waals surface area contributed by atoms with Crippen LogP contribution in [0.1, 0.15) is 5.56 Å². The maximum atomic E-state index is 12.2. The Labute approximate surface area is 122 Å². The summed E-state index contributed by atoms with van der Waals surface area (Å²) in [6, 6.07) is 6.44. The number of sulfonamides is 1. The first-order valence-electron chi connectivity index (χ1n) is 5.90. The van der Waals surface area contributed by atoms with Gasteiger partial charge in [0.2, 0.25) is 5.91 Å². The molecule has 1 aliphatic rings. The minimum Gasteiger partial charge on any atom is -0.286 e. The van der Waals surface area contributed by atoms with Crippen LogP contribution in [0.2, 0.25) is 0 Å². The molecule has 0 saturated carbocycles. The highest BCUT2D eigenvalue weighted by Gasteiger charge is 2.29. The summed E-state index contributed by atoms with van der Waals surface area (Å²) in [6.07, 6.45) is 1.54. The average molecular weight is 310 g/mol. The van der Waals surface area contributed by atoms with Gasteiger partial charge in [-0.1, -0.05) is 35.5 Å². The van der Waals surface area contributed by atoms with Crippen molar-refractivity contribution in [2.24, 2.45) is 4.40 Å². The Morgan fingerprint density at radius 2 is 2.05 bits per heavy atom. The topological polar surface area (TPSA) is 66.8 Å². The van der Waals surface area contributed by atoms with Gasteiger partial charge in [-0.3, -0.25) is 9.69 Å². The largest absolute Gasteiger partial charge is 0.286 e. The molecular formula is C13H14N2O3S2. The molecule has 0 unspecified atom stereocenters. The molecule has 5 nitrogen and oxygen atoms in total. The molecule has 0 atom stereocenters. The van der Waals surface area contributed by atoms with E-state index in [0.717, 1.165) is 17.3 Å². The number of rotatable bonds is 4. The molecule has 1 fully saturated rings. The molecule has 1 aromatic carbocycles. The molecule has 1 aromatic rings. The number of nitrogens with zero attached hydrogens (tertiary/aromatic N) is 2. The van der Waals surface area contributed by atoms with Crippen LogP contribution in [0.5, 0.6) is 0 Å². The lowest BCUT2D eigenvalue weighted by Gasteiger charge is -2.12. The molecule has 1 amide bonds. The summed E-state index contributed by atoms with van der Waals surface area (Å²) in [5.41, 5.74) is 0.968. The van der Waals surface area contributed by atoms with E-state index >= 15 is 0 Å². The summed E-state index contributed by atoms with van der Waals surface area (Å²) in [7, 11) is -3.80. The molecule has 20 heavy (non-hydrogen) atoms. The van der Waals surface area contributed by atoms with Crippen LogP contribution in [0.4, 0.5) is 0 Å². The van der Waals surface area contributed by atoms with Crippen molar-refractivity contribution in [3.05, 3.63) is 42.5 Å². The zero-order chi connectivity index (χ0) is 14.8. The number of thioether (sulfide) groups is 1. The smallest absolute Gasteiger partial charge is 0.284 e. The zero-order valence-electron chi connectivity index (χ0n) is 10.9. The van der Waals surface area contributed by atoms with Crippen molar-refractivity contribution >= 4 is 32.9 Å². The highest BCUT2D eigenvalue weighted by molar-refractivity contribution is 8.15.